The maximum atomic E-state index is 14.1. The van der Waals surface area contributed by atoms with Crippen LogP contribution in [-0.4, -0.2) is 24.0 Å². The summed E-state index contributed by atoms with van der Waals surface area (Å²) in [5.74, 6) is 0.247. The molecule has 1 fully saturated rings. The van der Waals surface area contributed by atoms with Crippen LogP contribution < -0.4 is 10.6 Å². The van der Waals surface area contributed by atoms with Gasteiger partial charge in [0.15, 0.2) is 11.6 Å². The van der Waals surface area contributed by atoms with E-state index in [1.165, 1.54) is 12.3 Å². The molecule has 0 aliphatic heterocycles. The van der Waals surface area contributed by atoms with Gasteiger partial charge in [0.05, 0.1) is 5.56 Å². The monoisotopic (exact) mass is 279 g/mol. The summed E-state index contributed by atoms with van der Waals surface area (Å²) < 4.78 is 14.1. The summed E-state index contributed by atoms with van der Waals surface area (Å²) >= 11 is 0. The van der Waals surface area contributed by atoms with E-state index in [4.69, 9.17) is 0 Å². The zero-order valence-corrected chi connectivity index (χ0v) is 12.2. The molecule has 1 amide bonds. The Kier molecular flexibility index (Phi) is 4.57. The maximum Gasteiger partial charge on any atom is 0.254 e. The van der Waals surface area contributed by atoms with Crippen molar-refractivity contribution in [2.24, 2.45) is 11.8 Å². The number of nitrogens with zero attached hydrogens (tertiary/aromatic N) is 1. The first-order chi connectivity index (χ1) is 9.58. The van der Waals surface area contributed by atoms with Crippen LogP contribution >= 0.6 is 0 Å². The molecule has 1 aromatic rings. The first-order valence-corrected chi connectivity index (χ1v) is 7.21. The van der Waals surface area contributed by atoms with Crippen LogP contribution in [0, 0.1) is 17.7 Å². The summed E-state index contributed by atoms with van der Waals surface area (Å²) in [7, 11) is 1.58. The second kappa shape index (κ2) is 6.20. The Labute approximate surface area is 119 Å². The largest absolute Gasteiger partial charge is 0.371 e. The normalized spacial score (nSPS) is 25.5. The number of halogens is 1. The second-order valence-corrected chi connectivity index (χ2v) is 5.46. The van der Waals surface area contributed by atoms with Crippen molar-refractivity contribution in [2.75, 3.05) is 12.4 Å². The smallest absolute Gasteiger partial charge is 0.254 e. The van der Waals surface area contributed by atoms with E-state index in [2.05, 4.69) is 29.5 Å². The molecular weight excluding hydrogens is 257 g/mol. The van der Waals surface area contributed by atoms with Crippen molar-refractivity contribution >= 4 is 11.7 Å². The number of nitrogens with one attached hydrogen (secondary N) is 2. The maximum absolute atomic E-state index is 14.1. The number of rotatable bonds is 4. The molecule has 20 heavy (non-hydrogen) atoms. The van der Waals surface area contributed by atoms with Crippen molar-refractivity contribution in [3.63, 3.8) is 0 Å². The predicted octanol–water partition coefficient (Wildman–Crippen LogP) is 2.82. The van der Waals surface area contributed by atoms with E-state index in [0.29, 0.717) is 11.8 Å². The molecule has 0 saturated heterocycles. The van der Waals surface area contributed by atoms with E-state index in [1.54, 1.807) is 7.05 Å². The van der Waals surface area contributed by atoms with Crippen molar-refractivity contribution in [2.45, 2.75) is 39.2 Å². The van der Waals surface area contributed by atoms with Crippen molar-refractivity contribution in [1.82, 2.24) is 10.3 Å². The second-order valence-electron chi connectivity index (χ2n) is 5.46. The van der Waals surface area contributed by atoms with Gasteiger partial charge in [-0.3, -0.25) is 4.79 Å². The van der Waals surface area contributed by atoms with Gasteiger partial charge < -0.3 is 10.6 Å². The topological polar surface area (TPSA) is 54.0 Å². The van der Waals surface area contributed by atoms with E-state index < -0.39 is 5.82 Å². The lowest BCUT2D eigenvalue weighted by atomic mass is 9.93. The van der Waals surface area contributed by atoms with Crippen LogP contribution in [0.4, 0.5) is 10.2 Å². The Morgan fingerprint density at radius 1 is 1.50 bits per heavy atom. The van der Waals surface area contributed by atoms with E-state index in [0.717, 1.165) is 19.3 Å². The van der Waals surface area contributed by atoms with E-state index in [9.17, 15) is 9.18 Å². The van der Waals surface area contributed by atoms with Gasteiger partial charge in [0.25, 0.3) is 5.91 Å². The van der Waals surface area contributed by atoms with Crippen LogP contribution in [0.15, 0.2) is 12.3 Å². The number of anilines is 1. The Morgan fingerprint density at radius 3 is 2.85 bits per heavy atom. The Balaban J connectivity index is 2.10. The standard InChI is InChI=1S/C15H22FN3O/c1-4-10-5-6-12(9(10)2)19-15(20)11-7-8-18-14(17-3)13(11)16/h7-10,12H,4-6H2,1-3H3,(H,17,18)(H,19,20). The van der Waals surface area contributed by atoms with Gasteiger partial charge in [-0.15, -0.1) is 0 Å². The zero-order valence-electron chi connectivity index (χ0n) is 12.2. The van der Waals surface area contributed by atoms with Crippen LogP contribution in [0.5, 0.6) is 0 Å². The first-order valence-electron chi connectivity index (χ1n) is 7.21. The number of hydrogen-bond donors (Lipinski definition) is 2. The SMILES string of the molecule is CCC1CCC(NC(=O)c2ccnc(NC)c2F)C1C. The predicted molar refractivity (Wildman–Crippen MR) is 77.2 cm³/mol. The molecular formula is C15H22FN3O. The number of amides is 1. The highest BCUT2D eigenvalue weighted by Gasteiger charge is 2.33. The van der Waals surface area contributed by atoms with Crippen molar-refractivity contribution < 1.29 is 9.18 Å². The molecule has 0 aromatic carbocycles. The third kappa shape index (κ3) is 2.76. The number of aromatic nitrogens is 1. The third-order valence-electron chi connectivity index (χ3n) is 4.44. The summed E-state index contributed by atoms with van der Waals surface area (Å²) in [5, 5.41) is 5.61. The van der Waals surface area contributed by atoms with Gasteiger partial charge in [-0.1, -0.05) is 20.3 Å². The lowest BCUT2D eigenvalue weighted by molar-refractivity contribution is 0.0922. The number of carbonyl (C=O) groups excluding carboxylic acids is 1. The Hall–Kier alpha value is -1.65. The number of carbonyl (C=O) groups is 1. The van der Waals surface area contributed by atoms with Gasteiger partial charge in [-0.2, -0.15) is 0 Å². The molecule has 1 aliphatic carbocycles. The molecule has 0 bridgehead atoms. The average Bonchev–Trinajstić information content (AvgIpc) is 2.79. The number of pyridine rings is 1. The fourth-order valence-corrected chi connectivity index (χ4v) is 3.07. The molecule has 2 rings (SSSR count). The van der Waals surface area contributed by atoms with Gasteiger partial charge in [-0.25, -0.2) is 9.37 Å². The highest BCUT2D eigenvalue weighted by atomic mass is 19.1. The highest BCUT2D eigenvalue weighted by Crippen LogP contribution is 2.34. The minimum absolute atomic E-state index is 0.0523. The highest BCUT2D eigenvalue weighted by molar-refractivity contribution is 5.95. The molecule has 1 aliphatic rings. The van der Waals surface area contributed by atoms with Crippen molar-refractivity contribution in [1.29, 1.82) is 0 Å². The summed E-state index contributed by atoms with van der Waals surface area (Å²) in [5.41, 5.74) is 0.0523. The Bertz CT molecular complexity index is 492. The third-order valence-corrected chi connectivity index (χ3v) is 4.44. The van der Waals surface area contributed by atoms with Crippen LogP contribution in [0.1, 0.15) is 43.5 Å². The molecule has 4 nitrogen and oxygen atoms in total. The van der Waals surface area contributed by atoms with Gasteiger partial charge in [0.2, 0.25) is 0 Å². The molecule has 5 heteroatoms. The average molecular weight is 279 g/mol. The van der Waals surface area contributed by atoms with Crippen LogP contribution in [-0.2, 0) is 0 Å². The summed E-state index contributed by atoms with van der Waals surface area (Å²) in [6, 6.07) is 1.56. The summed E-state index contributed by atoms with van der Waals surface area (Å²) in [4.78, 5) is 16.1. The van der Waals surface area contributed by atoms with Crippen LogP contribution in [0.2, 0.25) is 0 Å². The van der Waals surface area contributed by atoms with E-state index in [-0.39, 0.29) is 23.3 Å². The fourth-order valence-electron chi connectivity index (χ4n) is 3.07. The van der Waals surface area contributed by atoms with Crippen LogP contribution in [0.3, 0.4) is 0 Å². The molecule has 0 radical (unpaired) electrons. The van der Waals surface area contributed by atoms with Crippen LogP contribution in [0.25, 0.3) is 0 Å². The Morgan fingerprint density at radius 2 is 2.25 bits per heavy atom. The fraction of sp³-hybridized carbons (Fsp3) is 0.600. The number of hydrogen-bond acceptors (Lipinski definition) is 3. The van der Waals surface area contributed by atoms with Crippen molar-refractivity contribution in [3.05, 3.63) is 23.6 Å². The van der Waals surface area contributed by atoms with Crippen molar-refractivity contribution in [3.8, 4) is 0 Å². The van der Waals surface area contributed by atoms with E-state index in [1.807, 2.05) is 0 Å². The summed E-state index contributed by atoms with van der Waals surface area (Å²) in [6.45, 7) is 4.33. The molecule has 3 atom stereocenters. The molecule has 2 N–H and O–H groups in total. The molecule has 1 aromatic heterocycles. The van der Waals surface area contributed by atoms with E-state index >= 15 is 0 Å². The molecule has 1 saturated carbocycles. The van der Waals surface area contributed by atoms with Gasteiger partial charge in [0, 0.05) is 19.3 Å². The zero-order chi connectivity index (χ0) is 14.7. The summed E-state index contributed by atoms with van der Waals surface area (Å²) in [6.07, 6.45) is 4.66. The lowest BCUT2D eigenvalue weighted by Gasteiger charge is -2.21. The van der Waals surface area contributed by atoms with Gasteiger partial charge in [-0.05, 0) is 30.7 Å². The first kappa shape index (κ1) is 14.8. The lowest BCUT2D eigenvalue weighted by Crippen LogP contribution is -2.38. The van der Waals surface area contributed by atoms with Gasteiger partial charge >= 0.3 is 0 Å². The quantitative estimate of drug-likeness (QED) is 0.891. The minimum Gasteiger partial charge on any atom is -0.371 e. The molecule has 1 heterocycles. The molecule has 110 valence electrons. The molecule has 3 unspecified atom stereocenters. The minimum atomic E-state index is -0.592. The molecule has 0 spiro atoms. The van der Waals surface area contributed by atoms with Gasteiger partial charge in [0.1, 0.15) is 0 Å².